The van der Waals surface area contributed by atoms with Gasteiger partial charge in [0.1, 0.15) is 11.9 Å². The van der Waals surface area contributed by atoms with Gasteiger partial charge in [0.05, 0.1) is 18.6 Å². The van der Waals surface area contributed by atoms with Crippen molar-refractivity contribution in [2.45, 2.75) is 13.3 Å². The van der Waals surface area contributed by atoms with Crippen LogP contribution in [0.5, 0.6) is 0 Å². The van der Waals surface area contributed by atoms with E-state index < -0.39 is 5.82 Å². The van der Waals surface area contributed by atoms with Crippen molar-refractivity contribution in [1.82, 2.24) is 0 Å². The van der Waals surface area contributed by atoms with Crippen LogP contribution in [0.2, 0.25) is 0 Å². The molecule has 0 aliphatic carbocycles. The molecule has 0 aromatic heterocycles. The molecule has 0 amide bonds. The smallest absolute Gasteiger partial charge is 0.309 e. The van der Waals surface area contributed by atoms with Crippen LogP contribution >= 0.6 is 0 Å². The number of carbonyl (C=O) groups is 1. The van der Waals surface area contributed by atoms with Crippen LogP contribution in [0.25, 0.3) is 6.08 Å². The van der Waals surface area contributed by atoms with E-state index in [-0.39, 0.29) is 18.0 Å². The largest absolute Gasteiger partial charge is 0.466 e. The fraction of sp³-hybridized carbons (Fsp3) is 0.231. The van der Waals surface area contributed by atoms with Gasteiger partial charge in [-0.2, -0.15) is 5.26 Å². The number of carbonyl (C=O) groups excluding carboxylic acids is 1. The van der Waals surface area contributed by atoms with Gasteiger partial charge in [-0.05, 0) is 18.6 Å². The number of esters is 1. The predicted octanol–water partition coefficient (Wildman–Crippen LogP) is 2.66. The number of hydrogen-bond donors (Lipinski definition) is 0. The molecule has 4 heteroatoms. The van der Waals surface area contributed by atoms with E-state index in [1.807, 2.05) is 0 Å². The molecule has 3 nitrogen and oxygen atoms in total. The number of halogens is 1. The van der Waals surface area contributed by atoms with Gasteiger partial charge in [0.25, 0.3) is 0 Å². The van der Waals surface area contributed by atoms with E-state index in [9.17, 15) is 9.18 Å². The molecular formula is C13H12FNO2. The molecule has 0 radical (unpaired) electrons. The zero-order valence-corrected chi connectivity index (χ0v) is 9.44. The summed E-state index contributed by atoms with van der Waals surface area (Å²) in [6.45, 7) is 2.05. The first-order chi connectivity index (χ1) is 8.19. The van der Waals surface area contributed by atoms with Crippen LogP contribution in [-0.4, -0.2) is 12.6 Å². The summed E-state index contributed by atoms with van der Waals surface area (Å²) in [6.07, 6.45) is 3.20. The molecule has 88 valence electrons. The molecule has 0 fully saturated rings. The van der Waals surface area contributed by atoms with Gasteiger partial charge in [0.2, 0.25) is 0 Å². The summed E-state index contributed by atoms with van der Waals surface area (Å²) in [5.41, 5.74) is 0.435. The third-order valence-electron chi connectivity index (χ3n) is 2.04. The lowest BCUT2D eigenvalue weighted by Gasteiger charge is -1.99. The summed E-state index contributed by atoms with van der Waals surface area (Å²) in [6, 6.07) is 6.14. The van der Waals surface area contributed by atoms with E-state index in [4.69, 9.17) is 10.00 Å². The normalized spacial score (nSPS) is 10.2. The van der Waals surface area contributed by atoms with Gasteiger partial charge in [-0.3, -0.25) is 4.79 Å². The zero-order valence-electron chi connectivity index (χ0n) is 9.44. The zero-order chi connectivity index (χ0) is 12.7. The van der Waals surface area contributed by atoms with Gasteiger partial charge in [-0.15, -0.1) is 0 Å². The van der Waals surface area contributed by atoms with Crippen LogP contribution in [-0.2, 0) is 9.53 Å². The first-order valence-corrected chi connectivity index (χ1v) is 5.19. The third-order valence-corrected chi connectivity index (χ3v) is 2.04. The lowest BCUT2D eigenvalue weighted by atomic mass is 10.1. The van der Waals surface area contributed by atoms with Crippen molar-refractivity contribution < 1.29 is 13.9 Å². The van der Waals surface area contributed by atoms with E-state index in [1.54, 1.807) is 31.2 Å². The minimum absolute atomic E-state index is 0.0207. The van der Waals surface area contributed by atoms with E-state index in [0.29, 0.717) is 12.2 Å². The molecule has 0 unspecified atom stereocenters. The van der Waals surface area contributed by atoms with Gasteiger partial charge in [-0.25, -0.2) is 4.39 Å². The van der Waals surface area contributed by atoms with Gasteiger partial charge in [0, 0.05) is 0 Å². The summed E-state index contributed by atoms with van der Waals surface area (Å²) in [5.74, 6) is -0.913. The molecule has 0 saturated carbocycles. The lowest BCUT2D eigenvalue weighted by molar-refractivity contribution is -0.142. The molecule has 0 spiro atoms. The first kappa shape index (κ1) is 12.9. The Labute approximate surface area is 99.1 Å². The van der Waals surface area contributed by atoms with Gasteiger partial charge < -0.3 is 4.74 Å². The van der Waals surface area contributed by atoms with Crippen LogP contribution in [0, 0.1) is 17.1 Å². The summed E-state index contributed by atoms with van der Waals surface area (Å²) in [5, 5.41) is 8.78. The van der Waals surface area contributed by atoms with Crippen LogP contribution in [0.3, 0.4) is 0 Å². The number of ether oxygens (including phenoxy) is 1. The number of rotatable bonds is 4. The number of nitrogens with zero attached hydrogens (tertiary/aromatic N) is 1. The molecule has 0 heterocycles. The average molecular weight is 233 g/mol. The Kier molecular flexibility index (Phi) is 4.89. The molecule has 1 aromatic carbocycles. The Morgan fingerprint density at radius 2 is 2.35 bits per heavy atom. The van der Waals surface area contributed by atoms with E-state index in [1.165, 1.54) is 12.1 Å². The van der Waals surface area contributed by atoms with E-state index >= 15 is 0 Å². The fourth-order valence-electron chi connectivity index (χ4n) is 1.30. The third kappa shape index (κ3) is 3.72. The number of hydrogen-bond acceptors (Lipinski definition) is 3. The minimum Gasteiger partial charge on any atom is -0.466 e. The molecule has 0 aliphatic rings. The van der Waals surface area contributed by atoms with Crippen molar-refractivity contribution in [2.24, 2.45) is 0 Å². The minimum atomic E-state index is -0.564. The molecular weight excluding hydrogens is 221 g/mol. The highest BCUT2D eigenvalue weighted by Gasteiger charge is 2.04. The summed E-state index contributed by atoms with van der Waals surface area (Å²) < 4.78 is 17.9. The summed E-state index contributed by atoms with van der Waals surface area (Å²) in [7, 11) is 0. The first-order valence-electron chi connectivity index (χ1n) is 5.19. The predicted molar refractivity (Wildman–Crippen MR) is 61.4 cm³/mol. The van der Waals surface area contributed by atoms with Crippen LogP contribution in [0.1, 0.15) is 24.5 Å². The van der Waals surface area contributed by atoms with Crippen LogP contribution in [0.4, 0.5) is 4.39 Å². The average Bonchev–Trinajstić information content (AvgIpc) is 2.29. The van der Waals surface area contributed by atoms with Crippen molar-refractivity contribution in [3.05, 3.63) is 41.2 Å². The molecule has 0 aliphatic heterocycles. The van der Waals surface area contributed by atoms with E-state index in [0.717, 1.165) is 0 Å². The summed E-state index contributed by atoms with van der Waals surface area (Å²) in [4.78, 5) is 11.0. The Bertz CT molecular complexity index is 475. The maximum Gasteiger partial charge on any atom is 0.309 e. The maximum atomic E-state index is 13.2. The van der Waals surface area contributed by atoms with Crippen LogP contribution < -0.4 is 0 Å². The Hall–Kier alpha value is -2.15. The van der Waals surface area contributed by atoms with Crippen LogP contribution in [0.15, 0.2) is 24.3 Å². The Morgan fingerprint density at radius 1 is 1.59 bits per heavy atom. The van der Waals surface area contributed by atoms with E-state index in [2.05, 4.69) is 0 Å². The van der Waals surface area contributed by atoms with Crippen molar-refractivity contribution in [3.8, 4) is 6.07 Å². The molecule has 1 aromatic rings. The highest BCUT2D eigenvalue weighted by atomic mass is 19.1. The second kappa shape index (κ2) is 6.44. The molecule has 1 rings (SSSR count). The molecule has 0 N–H and O–H groups in total. The second-order valence-electron chi connectivity index (χ2n) is 3.23. The van der Waals surface area contributed by atoms with Gasteiger partial charge in [-0.1, -0.05) is 24.3 Å². The van der Waals surface area contributed by atoms with Crippen molar-refractivity contribution in [3.63, 3.8) is 0 Å². The summed E-state index contributed by atoms with van der Waals surface area (Å²) >= 11 is 0. The lowest BCUT2D eigenvalue weighted by Crippen LogP contribution is -2.01. The highest BCUT2D eigenvalue weighted by molar-refractivity contribution is 5.73. The second-order valence-corrected chi connectivity index (χ2v) is 3.23. The number of benzene rings is 1. The highest BCUT2D eigenvalue weighted by Crippen LogP contribution is 2.14. The fourth-order valence-corrected chi connectivity index (χ4v) is 1.30. The van der Waals surface area contributed by atoms with Crippen molar-refractivity contribution >= 4 is 12.0 Å². The topological polar surface area (TPSA) is 50.1 Å². The molecule has 0 bridgehead atoms. The maximum absolute atomic E-state index is 13.2. The SMILES string of the molecule is CCOC(=O)CC=Cc1cccc(F)c1C#N. The standard InChI is InChI=1S/C13H12FNO2/c1-2-17-13(16)8-4-6-10-5-3-7-12(14)11(10)9-15/h3-7H,2,8H2,1H3. The molecule has 0 saturated heterocycles. The van der Waals surface area contributed by atoms with Gasteiger partial charge in [0.15, 0.2) is 0 Å². The Morgan fingerprint density at radius 3 is 3.00 bits per heavy atom. The van der Waals surface area contributed by atoms with Crippen molar-refractivity contribution in [1.29, 1.82) is 5.26 Å². The van der Waals surface area contributed by atoms with Gasteiger partial charge >= 0.3 is 5.97 Å². The molecule has 17 heavy (non-hydrogen) atoms. The number of nitriles is 1. The Balaban J connectivity index is 2.76. The molecule has 0 atom stereocenters. The quantitative estimate of drug-likeness (QED) is 0.751. The van der Waals surface area contributed by atoms with Crippen molar-refractivity contribution in [2.75, 3.05) is 6.61 Å². The monoisotopic (exact) mass is 233 g/mol.